The number of hydrogen-bond acceptors (Lipinski definition) is 4. The Labute approximate surface area is 143 Å². The molecule has 2 aromatic rings. The number of fused-ring (bicyclic) bond motifs is 1. The summed E-state index contributed by atoms with van der Waals surface area (Å²) in [6.07, 6.45) is 5.23. The topological polar surface area (TPSA) is 69.3 Å². The van der Waals surface area contributed by atoms with Crippen molar-refractivity contribution in [2.24, 2.45) is 5.92 Å². The van der Waals surface area contributed by atoms with Gasteiger partial charge in [-0.25, -0.2) is 13.4 Å². The number of nitrogens with one attached hydrogen (secondary N) is 1. The van der Waals surface area contributed by atoms with E-state index in [2.05, 4.69) is 28.8 Å². The number of H-pyrrole nitrogens is 1. The van der Waals surface area contributed by atoms with Gasteiger partial charge in [0, 0.05) is 49.6 Å². The van der Waals surface area contributed by atoms with E-state index in [1.807, 2.05) is 25.3 Å². The van der Waals surface area contributed by atoms with Crippen molar-refractivity contribution in [3.05, 3.63) is 24.5 Å². The van der Waals surface area contributed by atoms with Crippen molar-refractivity contribution >= 4 is 26.7 Å². The van der Waals surface area contributed by atoms with E-state index in [-0.39, 0.29) is 11.8 Å². The van der Waals surface area contributed by atoms with E-state index in [0.717, 1.165) is 23.1 Å². The first-order valence-corrected chi connectivity index (χ1v) is 10.2. The number of sulfonamides is 1. The first-order chi connectivity index (χ1) is 11.4. The number of aromatic amines is 1. The Bertz CT molecular complexity index is 802. The van der Waals surface area contributed by atoms with Crippen molar-refractivity contribution in [1.29, 1.82) is 0 Å². The summed E-state index contributed by atoms with van der Waals surface area (Å²) in [5, 5.41) is 1.07. The Morgan fingerprint density at radius 1 is 1.42 bits per heavy atom. The molecule has 0 aliphatic carbocycles. The summed E-state index contributed by atoms with van der Waals surface area (Å²) in [6, 6.07) is 4.18. The molecule has 0 radical (unpaired) electrons. The highest BCUT2D eigenvalue weighted by Crippen LogP contribution is 2.31. The van der Waals surface area contributed by atoms with Crippen molar-refractivity contribution in [3.8, 4) is 0 Å². The Morgan fingerprint density at radius 2 is 2.21 bits per heavy atom. The molecule has 132 valence electrons. The molecule has 0 spiro atoms. The van der Waals surface area contributed by atoms with Gasteiger partial charge in [-0.2, -0.15) is 4.31 Å². The first-order valence-electron chi connectivity index (χ1n) is 8.56. The molecule has 0 saturated carbocycles. The molecular formula is C17H26N4O2S. The summed E-state index contributed by atoms with van der Waals surface area (Å²) in [5.41, 5.74) is 1.95. The fourth-order valence-corrected chi connectivity index (χ4v) is 5.13. The SMILES string of the molecule is CCCS(=O)(=O)N1CC[C@@H](C)C(N(C)c2ccnc3[nH]ccc23)C1. The zero-order valence-electron chi connectivity index (χ0n) is 14.6. The fraction of sp³-hybridized carbons (Fsp3) is 0.588. The summed E-state index contributed by atoms with van der Waals surface area (Å²) in [5.74, 6) is 0.667. The molecule has 24 heavy (non-hydrogen) atoms. The fourth-order valence-electron chi connectivity index (χ4n) is 3.60. The lowest BCUT2D eigenvalue weighted by Crippen LogP contribution is -2.53. The van der Waals surface area contributed by atoms with Crippen LogP contribution in [0.2, 0.25) is 0 Å². The van der Waals surface area contributed by atoms with Crippen LogP contribution in [0.4, 0.5) is 5.69 Å². The van der Waals surface area contributed by atoms with E-state index in [1.165, 1.54) is 0 Å². The second-order valence-electron chi connectivity index (χ2n) is 6.69. The van der Waals surface area contributed by atoms with E-state index in [1.54, 1.807) is 10.5 Å². The maximum absolute atomic E-state index is 12.5. The van der Waals surface area contributed by atoms with Crippen molar-refractivity contribution in [2.45, 2.75) is 32.7 Å². The number of aromatic nitrogens is 2. The third-order valence-corrected chi connectivity index (χ3v) is 7.09. The third-order valence-electron chi connectivity index (χ3n) is 5.05. The summed E-state index contributed by atoms with van der Waals surface area (Å²) in [7, 11) is -1.09. The molecular weight excluding hydrogens is 324 g/mol. The van der Waals surface area contributed by atoms with Gasteiger partial charge in [-0.05, 0) is 30.9 Å². The highest BCUT2D eigenvalue weighted by Gasteiger charge is 2.34. The zero-order valence-corrected chi connectivity index (χ0v) is 15.4. The highest BCUT2D eigenvalue weighted by atomic mass is 32.2. The highest BCUT2D eigenvalue weighted by molar-refractivity contribution is 7.89. The summed E-state index contributed by atoms with van der Waals surface area (Å²) < 4.78 is 26.6. The van der Waals surface area contributed by atoms with Crippen molar-refractivity contribution in [3.63, 3.8) is 0 Å². The molecule has 0 aromatic carbocycles. The van der Waals surface area contributed by atoms with Crippen LogP contribution in [0.1, 0.15) is 26.7 Å². The van der Waals surface area contributed by atoms with Crippen LogP contribution < -0.4 is 4.90 Å². The van der Waals surface area contributed by atoms with Gasteiger partial charge in [-0.1, -0.05) is 13.8 Å². The molecule has 6 nitrogen and oxygen atoms in total. The monoisotopic (exact) mass is 350 g/mol. The molecule has 3 rings (SSSR count). The number of pyridine rings is 1. The van der Waals surface area contributed by atoms with Crippen LogP contribution in [0.15, 0.2) is 24.5 Å². The van der Waals surface area contributed by atoms with Crippen LogP contribution in [-0.4, -0.2) is 54.6 Å². The number of likely N-dealkylation sites (N-methyl/N-ethyl adjacent to an activating group) is 1. The smallest absolute Gasteiger partial charge is 0.214 e. The number of rotatable bonds is 5. The molecule has 3 heterocycles. The minimum Gasteiger partial charge on any atom is -0.369 e. The zero-order chi connectivity index (χ0) is 17.3. The maximum atomic E-state index is 12.5. The standard InChI is InChI=1S/C17H26N4O2S/c1-4-11-24(22,23)21-10-7-13(2)16(12-21)20(3)15-6-9-19-17-14(15)5-8-18-17/h5-6,8-9,13,16H,4,7,10-12H2,1-3H3,(H,18,19)/t13-,16?/m1/s1. The first kappa shape index (κ1) is 17.2. The average molecular weight is 350 g/mol. The Hall–Kier alpha value is -1.60. The molecule has 1 fully saturated rings. The molecule has 0 amide bonds. The number of anilines is 1. The largest absolute Gasteiger partial charge is 0.369 e. The van der Waals surface area contributed by atoms with Crippen LogP contribution in [0.25, 0.3) is 11.0 Å². The van der Waals surface area contributed by atoms with Crippen molar-refractivity contribution in [1.82, 2.24) is 14.3 Å². The van der Waals surface area contributed by atoms with Gasteiger partial charge in [0.2, 0.25) is 10.0 Å². The summed E-state index contributed by atoms with van der Waals surface area (Å²) >= 11 is 0. The van der Waals surface area contributed by atoms with Gasteiger partial charge < -0.3 is 9.88 Å². The van der Waals surface area contributed by atoms with Crippen LogP contribution in [-0.2, 0) is 10.0 Å². The molecule has 7 heteroatoms. The summed E-state index contributed by atoms with van der Waals surface area (Å²) in [4.78, 5) is 9.69. The second kappa shape index (κ2) is 6.72. The number of piperidine rings is 1. The Morgan fingerprint density at radius 3 is 2.96 bits per heavy atom. The van der Waals surface area contributed by atoms with E-state index < -0.39 is 10.0 Å². The van der Waals surface area contributed by atoms with Gasteiger partial charge in [0.05, 0.1) is 5.75 Å². The van der Waals surface area contributed by atoms with Gasteiger partial charge in [0.25, 0.3) is 0 Å². The lowest BCUT2D eigenvalue weighted by Gasteiger charge is -2.42. The van der Waals surface area contributed by atoms with Gasteiger partial charge in [0.1, 0.15) is 5.65 Å². The van der Waals surface area contributed by atoms with E-state index in [0.29, 0.717) is 25.4 Å². The van der Waals surface area contributed by atoms with E-state index in [9.17, 15) is 8.42 Å². The lowest BCUT2D eigenvalue weighted by molar-refractivity contribution is 0.248. The lowest BCUT2D eigenvalue weighted by atomic mass is 9.93. The van der Waals surface area contributed by atoms with Gasteiger partial charge >= 0.3 is 0 Å². The minimum atomic E-state index is -3.15. The predicted octanol–water partition coefficient (Wildman–Crippen LogP) is 2.45. The number of hydrogen-bond donors (Lipinski definition) is 1. The minimum absolute atomic E-state index is 0.158. The van der Waals surface area contributed by atoms with Gasteiger partial charge in [0.15, 0.2) is 0 Å². The van der Waals surface area contributed by atoms with Crippen LogP contribution in [0.3, 0.4) is 0 Å². The normalized spacial score (nSPS) is 22.8. The Balaban J connectivity index is 1.88. The number of nitrogens with zero attached hydrogens (tertiary/aromatic N) is 3. The van der Waals surface area contributed by atoms with E-state index >= 15 is 0 Å². The molecule has 2 aromatic heterocycles. The van der Waals surface area contributed by atoms with Gasteiger partial charge in [-0.3, -0.25) is 0 Å². The van der Waals surface area contributed by atoms with Crippen LogP contribution >= 0.6 is 0 Å². The Kier molecular flexibility index (Phi) is 4.83. The van der Waals surface area contributed by atoms with Crippen LogP contribution in [0.5, 0.6) is 0 Å². The van der Waals surface area contributed by atoms with Crippen molar-refractivity contribution in [2.75, 3.05) is 30.8 Å². The molecule has 0 bridgehead atoms. The third kappa shape index (κ3) is 3.15. The predicted molar refractivity (Wildman–Crippen MR) is 97.7 cm³/mol. The van der Waals surface area contributed by atoms with Crippen molar-refractivity contribution < 1.29 is 8.42 Å². The molecule has 1 N–H and O–H groups in total. The van der Waals surface area contributed by atoms with Gasteiger partial charge in [-0.15, -0.1) is 0 Å². The molecule has 1 aliphatic heterocycles. The quantitative estimate of drug-likeness (QED) is 0.899. The maximum Gasteiger partial charge on any atom is 0.214 e. The molecule has 1 aliphatic rings. The summed E-state index contributed by atoms with van der Waals surface area (Å²) in [6.45, 7) is 5.30. The second-order valence-corrected chi connectivity index (χ2v) is 8.78. The molecule has 1 unspecified atom stereocenters. The molecule has 1 saturated heterocycles. The molecule has 2 atom stereocenters. The average Bonchev–Trinajstić information content (AvgIpc) is 3.03. The van der Waals surface area contributed by atoms with E-state index in [4.69, 9.17) is 0 Å². The van der Waals surface area contributed by atoms with Crippen LogP contribution in [0, 0.1) is 5.92 Å².